The van der Waals surface area contributed by atoms with Crippen LogP contribution >= 0.6 is 0 Å². The Kier molecular flexibility index (Phi) is 6.77. The predicted molar refractivity (Wildman–Crippen MR) is 124 cm³/mol. The molecule has 4 rings (SSSR count). The van der Waals surface area contributed by atoms with Gasteiger partial charge in [-0.15, -0.1) is 0 Å². The molecule has 0 saturated carbocycles. The van der Waals surface area contributed by atoms with Crippen LogP contribution in [0, 0.1) is 5.92 Å². The number of hydrogen-bond donors (Lipinski definition) is 1. The maximum Gasteiger partial charge on any atom is 0.391 e. The molecule has 3 aromatic rings. The molecule has 0 unspecified atom stereocenters. The molecule has 1 fully saturated rings. The quantitative estimate of drug-likeness (QED) is 0.488. The van der Waals surface area contributed by atoms with Gasteiger partial charge in [-0.3, -0.25) is 9.78 Å². The van der Waals surface area contributed by atoms with E-state index >= 15 is 0 Å². The number of carbonyl (C=O) groups excluding carboxylic acids is 1. The minimum atomic E-state index is -4.19. The van der Waals surface area contributed by atoms with E-state index in [1.807, 2.05) is 60.7 Å². The summed E-state index contributed by atoms with van der Waals surface area (Å²) in [6.07, 6.45) is 1.38. The molecule has 0 bridgehead atoms. The van der Waals surface area contributed by atoms with Gasteiger partial charge in [0.05, 0.1) is 11.6 Å². The van der Waals surface area contributed by atoms with Gasteiger partial charge in [0.25, 0.3) is 5.91 Å². The number of hydrogen-bond acceptors (Lipinski definition) is 3. The van der Waals surface area contributed by atoms with Crippen LogP contribution in [-0.2, 0) is 0 Å². The van der Waals surface area contributed by atoms with E-state index in [2.05, 4.69) is 10.3 Å². The van der Waals surface area contributed by atoms with Crippen molar-refractivity contribution in [3.63, 3.8) is 0 Å². The van der Waals surface area contributed by atoms with Gasteiger partial charge in [0.1, 0.15) is 0 Å². The van der Waals surface area contributed by atoms with Crippen molar-refractivity contribution in [2.45, 2.75) is 19.0 Å². The molecule has 1 aliphatic rings. The van der Waals surface area contributed by atoms with Crippen molar-refractivity contribution in [1.29, 1.82) is 0 Å². The highest BCUT2D eigenvalue weighted by Gasteiger charge is 2.41. The number of nitrogens with zero attached hydrogens (tertiary/aromatic N) is 2. The van der Waals surface area contributed by atoms with Crippen molar-refractivity contribution in [3.05, 3.63) is 89.7 Å². The Bertz CT molecular complexity index is 1100. The zero-order valence-electron chi connectivity index (χ0n) is 17.9. The number of pyridine rings is 1. The fourth-order valence-corrected chi connectivity index (χ4v) is 3.82. The number of anilines is 2. The summed E-state index contributed by atoms with van der Waals surface area (Å²) in [6.45, 7) is 0.238. The number of piperidine rings is 1. The summed E-state index contributed by atoms with van der Waals surface area (Å²) >= 11 is 0. The molecule has 170 valence electrons. The summed E-state index contributed by atoms with van der Waals surface area (Å²) in [4.78, 5) is 18.6. The largest absolute Gasteiger partial charge is 0.391 e. The highest BCUT2D eigenvalue weighted by atomic mass is 19.4. The number of carbonyl (C=O) groups is 1. The van der Waals surface area contributed by atoms with E-state index in [-0.39, 0.29) is 31.8 Å². The standard InChI is InChI=1S/C26H24F3N3O/c27-26(28,29)21-13-16-32(17-14-21)25(33)20-4-3-6-24(18-20)31-23-11-8-19(9-12-23)7-10-22-5-1-2-15-30-22/h1-12,15,18,21,31H,13-14,16-17H2/b10-7+. The van der Waals surface area contributed by atoms with Gasteiger partial charge in [0.2, 0.25) is 0 Å². The van der Waals surface area contributed by atoms with Crippen LogP contribution in [0.3, 0.4) is 0 Å². The van der Waals surface area contributed by atoms with Crippen LogP contribution in [0.4, 0.5) is 24.5 Å². The lowest BCUT2D eigenvalue weighted by Crippen LogP contribution is -2.42. The Hall–Kier alpha value is -3.61. The number of aromatic nitrogens is 1. The Labute approximate surface area is 190 Å². The lowest BCUT2D eigenvalue weighted by Gasteiger charge is -2.33. The van der Waals surface area contributed by atoms with Crippen molar-refractivity contribution in [1.82, 2.24) is 9.88 Å². The van der Waals surface area contributed by atoms with Crippen LogP contribution in [0.25, 0.3) is 12.2 Å². The summed E-state index contributed by atoms with van der Waals surface area (Å²) in [5, 5.41) is 3.27. The van der Waals surface area contributed by atoms with Crippen LogP contribution in [0.1, 0.15) is 34.5 Å². The van der Waals surface area contributed by atoms with E-state index in [9.17, 15) is 18.0 Å². The second-order valence-electron chi connectivity index (χ2n) is 8.02. The van der Waals surface area contributed by atoms with Crippen LogP contribution in [0.5, 0.6) is 0 Å². The van der Waals surface area contributed by atoms with Gasteiger partial charge < -0.3 is 10.2 Å². The first kappa shape index (κ1) is 22.6. The fraction of sp³-hybridized carbons (Fsp3) is 0.231. The lowest BCUT2D eigenvalue weighted by molar-refractivity contribution is -0.183. The average Bonchev–Trinajstić information content (AvgIpc) is 2.83. The summed E-state index contributed by atoms with van der Waals surface area (Å²) in [7, 11) is 0. The van der Waals surface area contributed by atoms with Gasteiger partial charge in [0.15, 0.2) is 0 Å². The first-order valence-electron chi connectivity index (χ1n) is 10.8. The zero-order valence-corrected chi connectivity index (χ0v) is 17.9. The number of halogens is 3. The topological polar surface area (TPSA) is 45.2 Å². The number of alkyl halides is 3. The molecule has 1 amide bonds. The first-order valence-corrected chi connectivity index (χ1v) is 10.8. The van der Waals surface area contributed by atoms with Gasteiger partial charge in [-0.2, -0.15) is 13.2 Å². The van der Waals surface area contributed by atoms with Crippen molar-refractivity contribution >= 4 is 29.4 Å². The summed E-state index contributed by atoms with van der Waals surface area (Å²) < 4.78 is 38.6. The molecule has 0 spiro atoms. The molecular formula is C26H24F3N3O. The van der Waals surface area contributed by atoms with Gasteiger partial charge in [-0.05, 0) is 66.9 Å². The van der Waals surface area contributed by atoms with Crippen LogP contribution in [0.2, 0.25) is 0 Å². The number of benzene rings is 2. The number of nitrogens with one attached hydrogen (secondary N) is 1. The van der Waals surface area contributed by atoms with Gasteiger partial charge in [0, 0.05) is 36.2 Å². The molecule has 1 aromatic heterocycles. The van der Waals surface area contributed by atoms with Gasteiger partial charge in [-0.1, -0.05) is 30.3 Å². The SMILES string of the molecule is O=C(c1cccc(Nc2ccc(/C=C/c3ccccn3)cc2)c1)N1CCC(C(F)(F)F)CC1. The molecule has 0 aliphatic carbocycles. The third-order valence-electron chi connectivity index (χ3n) is 5.69. The average molecular weight is 451 g/mol. The zero-order chi connectivity index (χ0) is 23.3. The molecule has 2 aromatic carbocycles. The van der Waals surface area contributed by atoms with E-state index in [1.165, 1.54) is 4.90 Å². The van der Waals surface area contributed by atoms with Crippen LogP contribution < -0.4 is 5.32 Å². The molecule has 0 atom stereocenters. The molecule has 1 aliphatic heterocycles. The summed E-state index contributed by atoms with van der Waals surface area (Å²) in [5.41, 5.74) is 3.96. The van der Waals surface area contributed by atoms with Gasteiger partial charge in [-0.25, -0.2) is 0 Å². The second-order valence-corrected chi connectivity index (χ2v) is 8.02. The lowest BCUT2D eigenvalue weighted by atomic mass is 9.96. The Morgan fingerprint density at radius 3 is 2.36 bits per heavy atom. The number of likely N-dealkylation sites (tertiary alicyclic amines) is 1. The molecule has 33 heavy (non-hydrogen) atoms. The van der Waals surface area contributed by atoms with Gasteiger partial charge >= 0.3 is 6.18 Å². The van der Waals surface area contributed by atoms with Crippen LogP contribution in [0.15, 0.2) is 72.9 Å². The van der Waals surface area contributed by atoms with E-state index < -0.39 is 12.1 Å². The maximum absolute atomic E-state index is 12.9. The predicted octanol–water partition coefficient (Wildman–Crippen LogP) is 6.41. The van der Waals surface area contributed by atoms with Crippen molar-refractivity contribution < 1.29 is 18.0 Å². The number of rotatable bonds is 5. The third-order valence-corrected chi connectivity index (χ3v) is 5.69. The van der Waals surface area contributed by atoms with Crippen molar-refractivity contribution in [2.75, 3.05) is 18.4 Å². The molecule has 2 heterocycles. The van der Waals surface area contributed by atoms with E-state index in [0.29, 0.717) is 5.56 Å². The molecule has 7 heteroatoms. The fourth-order valence-electron chi connectivity index (χ4n) is 3.82. The van der Waals surface area contributed by atoms with Crippen molar-refractivity contribution in [2.24, 2.45) is 5.92 Å². The van der Waals surface area contributed by atoms with Crippen LogP contribution in [-0.4, -0.2) is 35.1 Å². The normalized spacial score (nSPS) is 15.1. The molecule has 1 N–H and O–H groups in total. The minimum Gasteiger partial charge on any atom is -0.356 e. The maximum atomic E-state index is 12.9. The van der Waals surface area contributed by atoms with E-state index in [1.54, 1.807) is 24.4 Å². The molecule has 0 radical (unpaired) electrons. The highest BCUT2D eigenvalue weighted by Crippen LogP contribution is 2.34. The summed E-state index contributed by atoms with van der Waals surface area (Å²) in [5.74, 6) is -1.56. The molecular weight excluding hydrogens is 427 g/mol. The first-order chi connectivity index (χ1) is 15.9. The van der Waals surface area contributed by atoms with E-state index in [4.69, 9.17) is 0 Å². The van der Waals surface area contributed by atoms with E-state index in [0.717, 1.165) is 22.6 Å². The monoisotopic (exact) mass is 451 g/mol. The summed E-state index contributed by atoms with van der Waals surface area (Å²) in [6, 6.07) is 20.6. The Morgan fingerprint density at radius 2 is 1.70 bits per heavy atom. The smallest absolute Gasteiger partial charge is 0.356 e. The molecule has 1 saturated heterocycles. The highest BCUT2D eigenvalue weighted by molar-refractivity contribution is 5.95. The Morgan fingerprint density at radius 1 is 0.939 bits per heavy atom. The third kappa shape index (κ3) is 6.00. The minimum absolute atomic E-state index is 0.0473. The second kappa shape index (κ2) is 9.90. The Balaban J connectivity index is 1.37. The number of amides is 1. The molecule has 4 nitrogen and oxygen atoms in total. The van der Waals surface area contributed by atoms with Crippen molar-refractivity contribution in [3.8, 4) is 0 Å².